The number of anilines is 2. The molecule has 6 rings (SSSR count). The van der Waals surface area contributed by atoms with Crippen LogP contribution in [0.15, 0.2) is 60.7 Å². The number of hydrogen-bond acceptors (Lipinski definition) is 2. The van der Waals surface area contributed by atoms with Gasteiger partial charge in [0.15, 0.2) is 0 Å². The van der Waals surface area contributed by atoms with E-state index in [0.717, 1.165) is 76.3 Å². The van der Waals surface area contributed by atoms with E-state index in [9.17, 15) is 27.2 Å². The van der Waals surface area contributed by atoms with Crippen molar-refractivity contribution in [3.8, 4) is 0 Å². The number of alkyl halides is 2. The van der Waals surface area contributed by atoms with Gasteiger partial charge in [0.25, 0.3) is 0 Å². The molecule has 4 nitrogen and oxygen atoms in total. The number of nitrogens with zero attached hydrogens (tertiary/aromatic N) is 2. The van der Waals surface area contributed by atoms with Gasteiger partial charge >= 0.3 is 21.7 Å². The summed E-state index contributed by atoms with van der Waals surface area (Å²) in [7, 11) is 0. The van der Waals surface area contributed by atoms with Crippen LogP contribution in [0, 0.1) is 70.2 Å². The maximum Gasteiger partial charge on any atom is 4.00 e. The van der Waals surface area contributed by atoms with E-state index in [4.69, 9.17) is 23.2 Å². The zero-order valence-corrected chi connectivity index (χ0v) is 36.8. The van der Waals surface area contributed by atoms with E-state index in [1.54, 1.807) is 27.7 Å². The second-order valence-corrected chi connectivity index (χ2v) is 16.4. The van der Waals surface area contributed by atoms with Gasteiger partial charge in [0, 0.05) is 48.1 Å². The van der Waals surface area contributed by atoms with Crippen molar-refractivity contribution in [2.45, 2.75) is 105 Å². The number of rotatable bonds is 10. The molecule has 0 N–H and O–H groups in total. The summed E-state index contributed by atoms with van der Waals surface area (Å²) in [5.74, 6) is -2.74. The average molecular weight is 864 g/mol. The molecular formula is C46H56Cl2F4N2O2Ti. The summed E-state index contributed by atoms with van der Waals surface area (Å²) in [5, 5.41) is 0. The molecule has 11 heteroatoms. The number of benzene rings is 2. The van der Waals surface area contributed by atoms with E-state index in [1.165, 1.54) is 34.8 Å². The van der Waals surface area contributed by atoms with Crippen LogP contribution >= 0.6 is 23.2 Å². The number of halogens is 6. The van der Waals surface area contributed by atoms with Gasteiger partial charge in [0.2, 0.25) is 11.8 Å². The van der Waals surface area contributed by atoms with Crippen LogP contribution in [0.5, 0.6) is 0 Å². The normalized spacial score (nSPS) is 16.3. The molecule has 2 amide bonds. The summed E-state index contributed by atoms with van der Waals surface area (Å²) in [6.07, 6.45) is 31.0. The number of amides is 2. The number of allylic oxidation sites excluding steroid dienone is 8. The Balaban J connectivity index is 0.000000310. The van der Waals surface area contributed by atoms with E-state index in [1.807, 2.05) is 36.4 Å². The molecule has 0 radical (unpaired) electrons. The molecule has 0 aliphatic heterocycles. The van der Waals surface area contributed by atoms with Crippen molar-refractivity contribution in [3.63, 3.8) is 0 Å². The molecule has 0 unspecified atom stereocenters. The van der Waals surface area contributed by atoms with Gasteiger partial charge in [-0.2, -0.15) is 12.2 Å². The van der Waals surface area contributed by atoms with Crippen molar-refractivity contribution in [2.75, 3.05) is 34.6 Å². The van der Waals surface area contributed by atoms with E-state index in [-0.39, 0.29) is 56.7 Å². The zero-order valence-electron chi connectivity index (χ0n) is 33.7. The first kappa shape index (κ1) is 50.5. The summed E-state index contributed by atoms with van der Waals surface area (Å²) in [5.41, 5.74) is -1.45. The van der Waals surface area contributed by atoms with Gasteiger partial charge in [0.05, 0.1) is 10.8 Å². The Bertz CT molecular complexity index is 1530. The van der Waals surface area contributed by atoms with Gasteiger partial charge in [-0.25, -0.2) is 41.9 Å². The van der Waals surface area contributed by atoms with Gasteiger partial charge in [0.1, 0.15) is 0 Å². The van der Waals surface area contributed by atoms with E-state index in [2.05, 4.69) is 24.3 Å². The van der Waals surface area contributed by atoms with Crippen LogP contribution in [-0.4, -0.2) is 36.7 Å². The topological polar surface area (TPSA) is 40.6 Å². The van der Waals surface area contributed by atoms with Crippen LogP contribution in [0.3, 0.4) is 0 Å². The Morgan fingerprint density at radius 3 is 1.23 bits per heavy atom. The molecule has 308 valence electrons. The maximum atomic E-state index is 14.2. The van der Waals surface area contributed by atoms with Crippen LogP contribution in [0.1, 0.15) is 105 Å². The smallest absolute Gasteiger partial charge is 0.363 e. The van der Waals surface area contributed by atoms with Crippen LogP contribution in [0.25, 0.3) is 0 Å². The first-order valence-corrected chi connectivity index (χ1v) is 20.7. The molecule has 2 aromatic rings. The van der Waals surface area contributed by atoms with Crippen molar-refractivity contribution >= 4 is 46.4 Å². The Kier molecular flexibility index (Phi) is 22.8. The molecule has 0 spiro atoms. The Hall–Kier alpha value is -2.65. The van der Waals surface area contributed by atoms with E-state index >= 15 is 0 Å². The minimum atomic E-state index is -0.834. The maximum absolute atomic E-state index is 14.2. The molecule has 2 saturated carbocycles. The van der Waals surface area contributed by atoms with Crippen molar-refractivity contribution in [1.82, 2.24) is 0 Å². The summed E-state index contributed by atoms with van der Waals surface area (Å²) < 4.78 is 54.7. The predicted molar refractivity (Wildman–Crippen MR) is 220 cm³/mol. The SMILES string of the molecule is CC(C)(CCl)C(=O)N(CC1CCCCC1)c1ccc(F)[c-]c1F.CC(C)(CCl)C(=O)N(CC1CCCCC1)c1ccc(F)[c-]c1F.[C-]1=CC=CC1.[C-]1=CC=CC1.[Ti+4]. The molecule has 0 atom stereocenters. The summed E-state index contributed by atoms with van der Waals surface area (Å²) >= 11 is 11.8. The molecule has 57 heavy (non-hydrogen) atoms. The minimum Gasteiger partial charge on any atom is -0.363 e. The van der Waals surface area contributed by atoms with Gasteiger partial charge < -0.3 is 9.80 Å². The van der Waals surface area contributed by atoms with Crippen molar-refractivity contribution < 1.29 is 48.9 Å². The Morgan fingerprint density at radius 2 is 0.982 bits per heavy atom. The van der Waals surface area contributed by atoms with Crippen molar-refractivity contribution in [1.29, 1.82) is 0 Å². The minimum absolute atomic E-state index is 0. The summed E-state index contributed by atoms with van der Waals surface area (Å²) in [6, 6.07) is 8.93. The zero-order chi connectivity index (χ0) is 41.1. The molecule has 0 bridgehead atoms. The van der Waals surface area contributed by atoms with Gasteiger partial charge in [-0.3, -0.25) is 21.7 Å². The molecule has 4 aliphatic rings. The van der Waals surface area contributed by atoms with Crippen molar-refractivity contribution in [2.24, 2.45) is 22.7 Å². The molecule has 0 heterocycles. The third kappa shape index (κ3) is 16.9. The van der Waals surface area contributed by atoms with Crippen LogP contribution in [0.4, 0.5) is 28.9 Å². The fourth-order valence-corrected chi connectivity index (χ4v) is 6.88. The van der Waals surface area contributed by atoms with Crippen LogP contribution < -0.4 is 9.80 Å². The Labute approximate surface area is 363 Å². The standard InChI is InChI=1S/2C18H23ClF2NO.2C5H5.Ti/c2*1-18(2,12-19)17(23)22(11-13-6-4-3-5-7-13)16-9-8-14(20)10-15(16)21;2*1-2-4-5-3-1;/h2*8-9,13H,3-7,11-12H2,1-2H3;2*1-3H,4H2;/q4*-1;+4. The molecule has 0 saturated heterocycles. The second-order valence-electron chi connectivity index (χ2n) is 15.9. The molecule has 2 aromatic carbocycles. The number of carbonyl (C=O) groups excluding carboxylic acids is 2. The van der Waals surface area contributed by atoms with E-state index in [0.29, 0.717) is 24.9 Å². The molecule has 2 fully saturated rings. The molecule has 4 aliphatic carbocycles. The van der Waals surface area contributed by atoms with E-state index < -0.39 is 34.1 Å². The molecular weight excluding hydrogens is 807 g/mol. The quantitative estimate of drug-likeness (QED) is 0.103. The van der Waals surface area contributed by atoms with Gasteiger partial charge in [-0.1, -0.05) is 38.5 Å². The molecule has 0 aromatic heterocycles. The largest absolute Gasteiger partial charge is 4.00 e. The summed E-state index contributed by atoms with van der Waals surface area (Å²) in [4.78, 5) is 28.6. The average Bonchev–Trinajstić information content (AvgIpc) is 3.98. The fourth-order valence-electron chi connectivity index (χ4n) is 6.65. The first-order chi connectivity index (χ1) is 26.7. The predicted octanol–water partition coefficient (Wildman–Crippen LogP) is 12.5. The third-order valence-electron chi connectivity index (χ3n) is 10.1. The van der Waals surface area contributed by atoms with Crippen LogP contribution in [0.2, 0.25) is 0 Å². The first-order valence-electron chi connectivity index (χ1n) is 19.6. The third-order valence-corrected chi connectivity index (χ3v) is 11.4. The monoisotopic (exact) mass is 862 g/mol. The van der Waals surface area contributed by atoms with Gasteiger partial charge in [-0.15, -0.1) is 72.4 Å². The number of carbonyl (C=O) groups is 2. The summed E-state index contributed by atoms with van der Waals surface area (Å²) in [6.45, 7) is 7.83. The van der Waals surface area contributed by atoms with Gasteiger partial charge in [-0.05, 0) is 76.6 Å². The van der Waals surface area contributed by atoms with Crippen molar-refractivity contribution in [3.05, 3.63) is 108 Å². The number of hydrogen-bond donors (Lipinski definition) is 0. The Morgan fingerprint density at radius 1 is 0.632 bits per heavy atom. The van der Waals surface area contributed by atoms with Crippen LogP contribution in [-0.2, 0) is 31.3 Å². The fraction of sp³-hybridized carbons (Fsp3) is 0.522. The second kappa shape index (κ2) is 25.8.